The summed E-state index contributed by atoms with van der Waals surface area (Å²) < 4.78 is 26.0. The summed E-state index contributed by atoms with van der Waals surface area (Å²) in [5.41, 5.74) is 0.589. The van der Waals surface area contributed by atoms with Crippen LogP contribution in [-0.2, 0) is 10.0 Å². The molecule has 1 aromatic heterocycles. The summed E-state index contributed by atoms with van der Waals surface area (Å²) in [5.74, 6) is 0. The monoisotopic (exact) mass is 280 g/mol. The number of nitrogens with one attached hydrogen (secondary N) is 2. The van der Waals surface area contributed by atoms with E-state index in [1.165, 1.54) is 10.5 Å². The van der Waals surface area contributed by atoms with Crippen molar-refractivity contribution in [2.45, 2.75) is 24.8 Å². The molecule has 2 rings (SSSR count). The molecule has 0 aromatic carbocycles. The SMILES string of the molecule is Cc1[nH]ncc1S(=O)(=O)N1CCNC(C)C1.Cl. The second kappa shape index (κ2) is 5.34. The van der Waals surface area contributed by atoms with Crippen molar-refractivity contribution in [3.63, 3.8) is 0 Å². The first kappa shape index (κ1) is 14.4. The van der Waals surface area contributed by atoms with Crippen molar-refractivity contribution in [1.29, 1.82) is 0 Å². The molecule has 98 valence electrons. The predicted molar refractivity (Wildman–Crippen MR) is 66.8 cm³/mol. The number of aromatic amines is 1. The Kier molecular flexibility index (Phi) is 4.54. The Bertz CT molecular complexity index is 473. The minimum atomic E-state index is -3.38. The van der Waals surface area contributed by atoms with Crippen LogP contribution in [0.3, 0.4) is 0 Å². The van der Waals surface area contributed by atoms with Gasteiger partial charge in [-0.25, -0.2) is 8.42 Å². The van der Waals surface area contributed by atoms with Gasteiger partial charge in [0.2, 0.25) is 10.0 Å². The molecule has 1 aromatic rings. The zero-order valence-electron chi connectivity index (χ0n) is 9.80. The molecule has 0 radical (unpaired) electrons. The Labute approximate surface area is 107 Å². The van der Waals surface area contributed by atoms with E-state index in [-0.39, 0.29) is 23.3 Å². The van der Waals surface area contributed by atoms with E-state index in [1.54, 1.807) is 6.92 Å². The molecule has 0 aliphatic carbocycles. The summed E-state index contributed by atoms with van der Waals surface area (Å²) in [6.45, 7) is 5.40. The molecule has 2 heterocycles. The minimum Gasteiger partial charge on any atom is -0.312 e. The number of nitrogens with zero attached hydrogens (tertiary/aromatic N) is 2. The topological polar surface area (TPSA) is 78.1 Å². The third-order valence-electron chi connectivity index (χ3n) is 2.73. The quantitative estimate of drug-likeness (QED) is 0.807. The van der Waals surface area contributed by atoms with Crippen LogP contribution in [0.25, 0.3) is 0 Å². The van der Waals surface area contributed by atoms with Crippen LogP contribution in [0.15, 0.2) is 11.1 Å². The molecule has 0 amide bonds. The Morgan fingerprint density at radius 3 is 2.76 bits per heavy atom. The molecule has 6 nitrogen and oxygen atoms in total. The lowest BCUT2D eigenvalue weighted by Gasteiger charge is -2.30. The summed E-state index contributed by atoms with van der Waals surface area (Å²) in [5, 5.41) is 9.62. The fourth-order valence-corrected chi connectivity index (χ4v) is 3.50. The number of piperazine rings is 1. The average molecular weight is 281 g/mol. The molecule has 1 aliphatic heterocycles. The Balaban J connectivity index is 0.00000144. The van der Waals surface area contributed by atoms with Gasteiger partial charge in [0.1, 0.15) is 4.90 Å². The normalized spacial score (nSPS) is 22.1. The lowest BCUT2D eigenvalue weighted by molar-refractivity contribution is 0.310. The molecule has 0 saturated carbocycles. The second-order valence-corrected chi connectivity index (χ2v) is 5.98. The van der Waals surface area contributed by atoms with Gasteiger partial charge in [0.25, 0.3) is 0 Å². The zero-order chi connectivity index (χ0) is 11.8. The van der Waals surface area contributed by atoms with Gasteiger partial charge in [-0.2, -0.15) is 9.40 Å². The van der Waals surface area contributed by atoms with Crippen molar-refractivity contribution in [1.82, 2.24) is 19.8 Å². The third kappa shape index (κ3) is 2.79. The summed E-state index contributed by atoms with van der Waals surface area (Å²) in [4.78, 5) is 0.279. The maximum absolute atomic E-state index is 12.3. The zero-order valence-corrected chi connectivity index (χ0v) is 11.4. The molecule has 1 fully saturated rings. The fraction of sp³-hybridized carbons (Fsp3) is 0.667. The summed E-state index contributed by atoms with van der Waals surface area (Å²) in [7, 11) is -3.38. The largest absolute Gasteiger partial charge is 0.312 e. The van der Waals surface area contributed by atoms with Gasteiger partial charge in [-0.1, -0.05) is 0 Å². The number of halogens is 1. The van der Waals surface area contributed by atoms with Crippen LogP contribution in [0.2, 0.25) is 0 Å². The van der Waals surface area contributed by atoms with E-state index >= 15 is 0 Å². The summed E-state index contributed by atoms with van der Waals surface area (Å²) in [6, 6.07) is 0.190. The highest BCUT2D eigenvalue weighted by molar-refractivity contribution is 7.89. The molecule has 1 aliphatic rings. The van der Waals surface area contributed by atoms with Gasteiger partial charge < -0.3 is 5.32 Å². The molecule has 1 unspecified atom stereocenters. The molecular weight excluding hydrogens is 264 g/mol. The molecule has 17 heavy (non-hydrogen) atoms. The number of hydrogen-bond acceptors (Lipinski definition) is 4. The molecule has 0 bridgehead atoms. The van der Waals surface area contributed by atoms with Gasteiger partial charge in [-0.15, -0.1) is 12.4 Å². The van der Waals surface area contributed by atoms with Crippen LogP contribution < -0.4 is 5.32 Å². The van der Waals surface area contributed by atoms with E-state index in [1.807, 2.05) is 6.92 Å². The van der Waals surface area contributed by atoms with Crippen molar-refractivity contribution >= 4 is 22.4 Å². The highest BCUT2D eigenvalue weighted by atomic mass is 35.5. The van der Waals surface area contributed by atoms with Crippen molar-refractivity contribution in [3.8, 4) is 0 Å². The second-order valence-electron chi connectivity index (χ2n) is 4.08. The van der Waals surface area contributed by atoms with Gasteiger partial charge >= 0.3 is 0 Å². The van der Waals surface area contributed by atoms with E-state index < -0.39 is 10.0 Å². The van der Waals surface area contributed by atoms with E-state index in [4.69, 9.17) is 0 Å². The van der Waals surface area contributed by atoms with Crippen LogP contribution in [0.1, 0.15) is 12.6 Å². The van der Waals surface area contributed by atoms with E-state index in [2.05, 4.69) is 15.5 Å². The van der Waals surface area contributed by atoms with Crippen LogP contribution in [0.4, 0.5) is 0 Å². The van der Waals surface area contributed by atoms with Gasteiger partial charge in [-0.3, -0.25) is 5.10 Å². The Morgan fingerprint density at radius 1 is 1.53 bits per heavy atom. The van der Waals surface area contributed by atoms with E-state index in [0.717, 1.165) is 0 Å². The van der Waals surface area contributed by atoms with Crippen molar-refractivity contribution in [2.75, 3.05) is 19.6 Å². The minimum absolute atomic E-state index is 0. The molecule has 8 heteroatoms. The maximum atomic E-state index is 12.3. The van der Waals surface area contributed by atoms with Crippen molar-refractivity contribution < 1.29 is 8.42 Å². The first-order valence-corrected chi connectivity index (χ1v) is 6.69. The van der Waals surface area contributed by atoms with Crippen LogP contribution in [-0.4, -0.2) is 48.6 Å². The number of rotatable bonds is 2. The van der Waals surface area contributed by atoms with Crippen LogP contribution in [0.5, 0.6) is 0 Å². The number of aromatic nitrogens is 2. The number of sulfonamides is 1. The highest BCUT2D eigenvalue weighted by Gasteiger charge is 2.30. The lowest BCUT2D eigenvalue weighted by atomic mass is 10.3. The molecule has 0 spiro atoms. The van der Waals surface area contributed by atoms with Gasteiger partial charge in [-0.05, 0) is 13.8 Å². The highest BCUT2D eigenvalue weighted by Crippen LogP contribution is 2.18. The number of H-pyrrole nitrogens is 1. The van der Waals surface area contributed by atoms with E-state index in [0.29, 0.717) is 25.3 Å². The average Bonchev–Trinajstić information content (AvgIpc) is 2.65. The molecular formula is C9H17ClN4O2S. The number of hydrogen-bond donors (Lipinski definition) is 2. The number of aryl methyl sites for hydroxylation is 1. The van der Waals surface area contributed by atoms with Gasteiger partial charge in [0.05, 0.1) is 11.9 Å². The molecule has 1 saturated heterocycles. The summed E-state index contributed by atoms with van der Waals surface area (Å²) in [6.07, 6.45) is 1.37. The first-order chi connectivity index (χ1) is 7.51. The van der Waals surface area contributed by atoms with Crippen molar-refractivity contribution in [3.05, 3.63) is 11.9 Å². The van der Waals surface area contributed by atoms with Crippen LogP contribution in [0, 0.1) is 6.92 Å². The van der Waals surface area contributed by atoms with Gasteiger partial charge in [0, 0.05) is 25.7 Å². The standard InChI is InChI=1S/C9H16N4O2S.ClH/c1-7-6-13(4-3-10-7)16(14,15)9-5-11-12-8(9)2;/h5,7,10H,3-4,6H2,1-2H3,(H,11,12);1H. The molecule has 1 atom stereocenters. The molecule has 2 N–H and O–H groups in total. The maximum Gasteiger partial charge on any atom is 0.246 e. The first-order valence-electron chi connectivity index (χ1n) is 5.25. The summed E-state index contributed by atoms with van der Waals surface area (Å²) >= 11 is 0. The van der Waals surface area contributed by atoms with Gasteiger partial charge in [0.15, 0.2) is 0 Å². The van der Waals surface area contributed by atoms with E-state index in [9.17, 15) is 8.42 Å². The lowest BCUT2D eigenvalue weighted by Crippen LogP contribution is -2.51. The van der Waals surface area contributed by atoms with Crippen LogP contribution >= 0.6 is 12.4 Å². The third-order valence-corrected chi connectivity index (χ3v) is 4.71. The Hall–Kier alpha value is -0.630. The predicted octanol–water partition coefficient (Wildman–Crippen LogP) is 0.122. The Morgan fingerprint density at radius 2 is 2.24 bits per heavy atom. The van der Waals surface area contributed by atoms with Crippen molar-refractivity contribution in [2.24, 2.45) is 0 Å². The fourth-order valence-electron chi connectivity index (χ4n) is 1.85. The smallest absolute Gasteiger partial charge is 0.246 e.